The number of nitrogens with zero attached hydrogens (tertiary/aromatic N) is 1. The molecule has 5 rings (SSSR count). The normalized spacial score (nSPS) is 13.9. The van der Waals surface area contributed by atoms with Crippen molar-refractivity contribution >= 4 is 37.3 Å². The van der Waals surface area contributed by atoms with Gasteiger partial charge in [0.1, 0.15) is 5.01 Å². The number of rotatable bonds is 4. The van der Waals surface area contributed by atoms with Crippen molar-refractivity contribution in [3.63, 3.8) is 0 Å². The number of fused-ring (bicyclic) bond motifs is 2. The first-order valence-corrected chi connectivity index (χ1v) is 12.0. The smallest absolute Gasteiger partial charge is 0.261 e. The summed E-state index contributed by atoms with van der Waals surface area (Å²) in [5, 5.41) is 0.926. The number of hydrogen-bond donors (Lipinski definition) is 1. The number of sulfonamides is 1. The number of nitrogens with one attached hydrogen (secondary N) is 1. The fraction of sp³-hybridized carbons (Fsp3) is 0.174. The quantitative estimate of drug-likeness (QED) is 0.465. The second-order valence-corrected chi connectivity index (χ2v) is 10.0. The van der Waals surface area contributed by atoms with E-state index in [9.17, 15) is 8.42 Å². The van der Waals surface area contributed by atoms with Gasteiger partial charge in [-0.3, -0.25) is 4.72 Å². The third-order valence-corrected chi connectivity index (χ3v) is 7.77. The van der Waals surface area contributed by atoms with Gasteiger partial charge < -0.3 is 0 Å². The highest BCUT2D eigenvalue weighted by Crippen LogP contribution is 2.31. The molecule has 1 aliphatic rings. The van der Waals surface area contributed by atoms with E-state index >= 15 is 0 Å². The molecule has 1 heterocycles. The molecule has 0 saturated heterocycles. The topological polar surface area (TPSA) is 59.1 Å². The lowest BCUT2D eigenvalue weighted by Crippen LogP contribution is -2.14. The Morgan fingerprint density at radius 2 is 1.62 bits per heavy atom. The van der Waals surface area contributed by atoms with Gasteiger partial charge in [-0.15, -0.1) is 11.3 Å². The Bertz CT molecular complexity index is 1260. The number of aryl methyl sites for hydroxylation is 2. The Hall–Kier alpha value is -2.70. The first kappa shape index (κ1) is 18.3. The molecule has 0 bridgehead atoms. The second kappa shape index (κ2) is 7.28. The Labute approximate surface area is 174 Å². The molecule has 6 heteroatoms. The molecule has 0 amide bonds. The van der Waals surface area contributed by atoms with Crippen molar-refractivity contribution in [1.29, 1.82) is 0 Å². The first-order chi connectivity index (χ1) is 14.1. The van der Waals surface area contributed by atoms with E-state index in [1.807, 2.05) is 42.5 Å². The van der Waals surface area contributed by atoms with Crippen LogP contribution in [0.1, 0.15) is 24.0 Å². The molecule has 0 aliphatic heterocycles. The molecular formula is C23H20N2O2S2. The van der Waals surface area contributed by atoms with E-state index < -0.39 is 10.0 Å². The van der Waals surface area contributed by atoms with E-state index in [0.29, 0.717) is 10.6 Å². The zero-order valence-electron chi connectivity index (χ0n) is 15.8. The summed E-state index contributed by atoms with van der Waals surface area (Å²) in [6.07, 6.45) is 4.29. The van der Waals surface area contributed by atoms with Gasteiger partial charge in [0.2, 0.25) is 0 Å². The zero-order valence-corrected chi connectivity index (χ0v) is 17.4. The lowest BCUT2D eigenvalue weighted by molar-refractivity contribution is 0.600. The van der Waals surface area contributed by atoms with Gasteiger partial charge in [0.05, 0.1) is 15.1 Å². The molecule has 3 aromatic carbocycles. The number of anilines is 1. The molecule has 0 spiro atoms. The number of hydrogen-bond acceptors (Lipinski definition) is 4. The van der Waals surface area contributed by atoms with Crippen LogP contribution in [0.4, 0.5) is 5.69 Å². The largest absolute Gasteiger partial charge is 0.280 e. The molecule has 146 valence electrons. The fourth-order valence-corrected chi connectivity index (χ4v) is 5.85. The van der Waals surface area contributed by atoms with Crippen LogP contribution in [-0.4, -0.2) is 13.4 Å². The Morgan fingerprint density at radius 1 is 0.862 bits per heavy atom. The molecule has 1 N–H and O–H groups in total. The van der Waals surface area contributed by atoms with E-state index in [2.05, 4.69) is 15.8 Å². The Morgan fingerprint density at radius 3 is 2.41 bits per heavy atom. The highest BCUT2D eigenvalue weighted by atomic mass is 32.2. The number of benzene rings is 3. The predicted molar refractivity (Wildman–Crippen MR) is 119 cm³/mol. The van der Waals surface area contributed by atoms with Gasteiger partial charge in [0.15, 0.2) is 0 Å². The highest BCUT2D eigenvalue weighted by molar-refractivity contribution is 7.92. The van der Waals surface area contributed by atoms with Gasteiger partial charge in [-0.2, -0.15) is 0 Å². The maximum atomic E-state index is 12.8. The average molecular weight is 421 g/mol. The SMILES string of the molecule is O=S(=O)(Nc1ccc(-c2nc3ccccc3s2)cc1)c1ccc2c(c1)CCCC2. The summed E-state index contributed by atoms with van der Waals surface area (Å²) >= 11 is 1.63. The van der Waals surface area contributed by atoms with Crippen molar-refractivity contribution in [3.05, 3.63) is 77.9 Å². The summed E-state index contributed by atoms with van der Waals surface area (Å²) in [5.74, 6) is 0. The van der Waals surface area contributed by atoms with Gasteiger partial charge in [0.25, 0.3) is 10.0 Å². The standard InChI is InChI=1S/C23H20N2O2S2/c26-29(27,20-14-11-16-5-1-2-6-18(16)15-20)25-19-12-9-17(10-13-19)23-24-21-7-3-4-8-22(21)28-23/h3-4,7-15,25H,1-2,5-6H2. The van der Waals surface area contributed by atoms with Gasteiger partial charge in [-0.25, -0.2) is 13.4 Å². The van der Waals surface area contributed by atoms with Crippen molar-refractivity contribution in [2.75, 3.05) is 4.72 Å². The van der Waals surface area contributed by atoms with Crippen molar-refractivity contribution in [3.8, 4) is 10.6 Å². The van der Waals surface area contributed by atoms with E-state index in [1.54, 1.807) is 29.5 Å². The Balaban J connectivity index is 1.38. The lowest BCUT2D eigenvalue weighted by atomic mass is 9.92. The van der Waals surface area contributed by atoms with Gasteiger partial charge in [-0.05, 0) is 85.3 Å². The van der Waals surface area contributed by atoms with Crippen molar-refractivity contribution in [1.82, 2.24) is 4.98 Å². The van der Waals surface area contributed by atoms with Crippen LogP contribution < -0.4 is 4.72 Å². The molecule has 0 unspecified atom stereocenters. The van der Waals surface area contributed by atoms with Crippen LogP contribution in [0, 0.1) is 0 Å². The lowest BCUT2D eigenvalue weighted by Gasteiger charge is -2.17. The monoisotopic (exact) mass is 420 g/mol. The summed E-state index contributed by atoms with van der Waals surface area (Å²) in [5.41, 5.74) is 4.93. The molecule has 1 aromatic heterocycles. The van der Waals surface area contributed by atoms with E-state index in [4.69, 9.17) is 0 Å². The maximum absolute atomic E-state index is 12.8. The van der Waals surface area contributed by atoms with Crippen LogP contribution in [0.2, 0.25) is 0 Å². The predicted octanol–water partition coefficient (Wildman–Crippen LogP) is 5.64. The molecule has 29 heavy (non-hydrogen) atoms. The molecule has 0 saturated carbocycles. The van der Waals surface area contributed by atoms with Gasteiger partial charge in [-0.1, -0.05) is 18.2 Å². The van der Waals surface area contributed by atoms with Crippen molar-refractivity contribution in [2.45, 2.75) is 30.6 Å². The van der Waals surface area contributed by atoms with Gasteiger partial charge >= 0.3 is 0 Å². The van der Waals surface area contributed by atoms with Crippen LogP contribution in [0.25, 0.3) is 20.8 Å². The molecule has 0 radical (unpaired) electrons. The van der Waals surface area contributed by atoms with Crippen LogP contribution in [0.3, 0.4) is 0 Å². The highest BCUT2D eigenvalue weighted by Gasteiger charge is 2.18. The average Bonchev–Trinajstić information content (AvgIpc) is 3.18. The second-order valence-electron chi connectivity index (χ2n) is 7.31. The third kappa shape index (κ3) is 3.66. The number of thiazole rings is 1. The van der Waals surface area contributed by atoms with E-state index in [1.165, 1.54) is 12.0 Å². The Kier molecular flexibility index (Phi) is 4.60. The minimum Gasteiger partial charge on any atom is -0.280 e. The number of aromatic nitrogens is 1. The summed E-state index contributed by atoms with van der Waals surface area (Å²) in [7, 11) is -3.61. The number of para-hydroxylation sites is 1. The van der Waals surface area contributed by atoms with Crippen LogP contribution in [0.15, 0.2) is 71.6 Å². The molecule has 4 aromatic rings. The van der Waals surface area contributed by atoms with E-state index in [-0.39, 0.29) is 0 Å². The van der Waals surface area contributed by atoms with Crippen LogP contribution in [0.5, 0.6) is 0 Å². The molecular weight excluding hydrogens is 400 g/mol. The molecule has 0 atom stereocenters. The summed E-state index contributed by atoms with van der Waals surface area (Å²) in [6.45, 7) is 0. The third-order valence-electron chi connectivity index (χ3n) is 5.31. The maximum Gasteiger partial charge on any atom is 0.261 e. The first-order valence-electron chi connectivity index (χ1n) is 9.69. The van der Waals surface area contributed by atoms with E-state index in [0.717, 1.165) is 45.6 Å². The van der Waals surface area contributed by atoms with Crippen LogP contribution in [-0.2, 0) is 22.9 Å². The minimum atomic E-state index is -3.61. The zero-order chi connectivity index (χ0) is 19.8. The molecule has 4 nitrogen and oxygen atoms in total. The summed E-state index contributed by atoms with van der Waals surface area (Å²) < 4.78 is 29.5. The summed E-state index contributed by atoms with van der Waals surface area (Å²) in [4.78, 5) is 4.98. The summed E-state index contributed by atoms with van der Waals surface area (Å²) in [6, 6.07) is 20.9. The minimum absolute atomic E-state index is 0.327. The fourth-order valence-electron chi connectivity index (χ4n) is 3.77. The van der Waals surface area contributed by atoms with Gasteiger partial charge in [0, 0.05) is 11.3 Å². The van der Waals surface area contributed by atoms with Crippen LogP contribution >= 0.6 is 11.3 Å². The molecule has 0 fully saturated rings. The van der Waals surface area contributed by atoms with Crippen molar-refractivity contribution in [2.24, 2.45) is 0 Å². The molecule has 1 aliphatic carbocycles. The van der Waals surface area contributed by atoms with Crippen molar-refractivity contribution < 1.29 is 8.42 Å².